The van der Waals surface area contributed by atoms with E-state index in [1.54, 1.807) is 6.07 Å². The zero-order chi connectivity index (χ0) is 17.5. The number of amides is 1. The summed E-state index contributed by atoms with van der Waals surface area (Å²) in [5, 5.41) is 2.55. The number of nitrogens with one attached hydrogen (secondary N) is 1. The van der Waals surface area contributed by atoms with Crippen LogP contribution in [0.2, 0.25) is 0 Å². The van der Waals surface area contributed by atoms with Gasteiger partial charge in [-0.1, -0.05) is 32.8 Å². The van der Waals surface area contributed by atoms with Crippen LogP contribution in [0.15, 0.2) is 36.4 Å². The van der Waals surface area contributed by atoms with Crippen molar-refractivity contribution in [1.82, 2.24) is 0 Å². The van der Waals surface area contributed by atoms with E-state index in [9.17, 15) is 9.18 Å². The molecule has 0 spiro atoms. The molecule has 2 aromatic carbocycles. The van der Waals surface area contributed by atoms with Crippen molar-refractivity contribution in [2.45, 2.75) is 46.5 Å². The van der Waals surface area contributed by atoms with E-state index in [2.05, 4.69) is 25.2 Å². The van der Waals surface area contributed by atoms with Gasteiger partial charge in [-0.05, 0) is 48.2 Å². The molecule has 0 saturated carbocycles. The average molecular weight is 329 g/mol. The topological polar surface area (TPSA) is 38.3 Å². The van der Waals surface area contributed by atoms with E-state index >= 15 is 0 Å². The molecule has 4 heteroatoms. The Hall–Kier alpha value is -2.36. The van der Waals surface area contributed by atoms with Gasteiger partial charge < -0.3 is 10.1 Å². The molecule has 3 nitrogen and oxygen atoms in total. The highest BCUT2D eigenvalue weighted by Gasteiger charge is 2.09. The second-order valence-electron chi connectivity index (χ2n) is 5.86. The van der Waals surface area contributed by atoms with Crippen molar-refractivity contribution >= 4 is 11.6 Å². The van der Waals surface area contributed by atoms with Gasteiger partial charge in [-0.2, -0.15) is 0 Å². The fraction of sp³-hybridized carbons (Fsp3) is 0.350. The minimum absolute atomic E-state index is 0.148. The maximum absolute atomic E-state index is 14.2. The lowest BCUT2D eigenvalue weighted by Crippen LogP contribution is -2.06. The van der Waals surface area contributed by atoms with E-state index in [0.29, 0.717) is 11.4 Å². The number of ether oxygens (including phenoxy) is 1. The molecule has 0 fully saturated rings. The summed E-state index contributed by atoms with van der Waals surface area (Å²) < 4.78 is 19.9. The third-order valence-corrected chi connectivity index (χ3v) is 3.70. The molecule has 0 aliphatic heterocycles. The van der Waals surface area contributed by atoms with Crippen molar-refractivity contribution in [3.63, 3.8) is 0 Å². The molecule has 128 valence electrons. The van der Waals surface area contributed by atoms with Crippen LogP contribution in [0, 0.1) is 5.82 Å². The van der Waals surface area contributed by atoms with Gasteiger partial charge in [-0.25, -0.2) is 4.39 Å². The Morgan fingerprint density at radius 1 is 1.04 bits per heavy atom. The highest BCUT2D eigenvalue weighted by Crippen LogP contribution is 2.29. The molecule has 2 aromatic rings. The minimum Gasteiger partial charge on any atom is -0.454 e. The zero-order valence-corrected chi connectivity index (χ0v) is 14.5. The van der Waals surface area contributed by atoms with Crippen molar-refractivity contribution in [2.75, 3.05) is 5.32 Å². The van der Waals surface area contributed by atoms with Crippen LogP contribution in [0.5, 0.6) is 11.5 Å². The number of hydrogen-bond donors (Lipinski definition) is 1. The largest absolute Gasteiger partial charge is 0.454 e. The summed E-state index contributed by atoms with van der Waals surface area (Å²) in [6.07, 6.45) is 4.17. The second-order valence-corrected chi connectivity index (χ2v) is 5.86. The Kier molecular flexibility index (Phi) is 6.36. The monoisotopic (exact) mass is 329 g/mol. The predicted molar refractivity (Wildman–Crippen MR) is 95.2 cm³/mol. The normalized spacial score (nSPS) is 10.5. The zero-order valence-electron chi connectivity index (χ0n) is 14.5. The van der Waals surface area contributed by atoms with E-state index in [4.69, 9.17) is 4.74 Å². The van der Waals surface area contributed by atoms with Crippen LogP contribution in [0.4, 0.5) is 10.1 Å². The lowest BCUT2D eigenvalue weighted by Gasteiger charge is -2.13. The number of anilines is 1. The van der Waals surface area contributed by atoms with Gasteiger partial charge >= 0.3 is 0 Å². The van der Waals surface area contributed by atoms with Crippen molar-refractivity contribution in [3.8, 4) is 11.5 Å². The van der Waals surface area contributed by atoms with Crippen LogP contribution < -0.4 is 10.1 Å². The van der Waals surface area contributed by atoms with Crippen LogP contribution in [-0.4, -0.2) is 5.91 Å². The van der Waals surface area contributed by atoms with Crippen molar-refractivity contribution in [1.29, 1.82) is 0 Å². The lowest BCUT2D eigenvalue weighted by atomic mass is 9.99. The van der Waals surface area contributed by atoms with Crippen LogP contribution in [-0.2, 0) is 17.6 Å². The molecule has 2 rings (SSSR count). The van der Waals surface area contributed by atoms with E-state index in [-0.39, 0.29) is 11.7 Å². The molecular weight excluding hydrogens is 305 g/mol. The first-order chi connectivity index (χ1) is 11.5. The molecule has 1 N–H and O–H groups in total. The van der Waals surface area contributed by atoms with Crippen LogP contribution in [0.25, 0.3) is 0 Å². The van der Waals surface area contributed by atoms with Crippen LogP contribution >= 0.6 is 0 Å². The van der Waals surface area contributed by atoms with Gasteiger partial charge in [0, 0.05) is 18.7 Å². The third-order valence-electron chi connectivity index (χ3n) is 3.70. The van der Waals surface area contributed by atoms with Gasteiger partial charge in [0.25, 0.3) is 0 Å². The number of rotatable bonds is 7. The Bertz CT molecular complexity index is 713. The molecule has 0 aliphatic carbocycles. The van der Waals surface area contributed by atoms with E-state index in [1.165, 1.54) is 30.2 Å². The number of carbonyl (C=O) groups is 1. The maximum Gasteiger partial charge on any atom is 0.221 e. The predicted octanol–water partition coefficient (Wildman–Crippen LogP) is 5.48. The quantitative estimate of drug-likeness (QED) is 0.730. The number of benzene rings is 2. The summed E-state index contributed by atoms with van der Waals surface area (Å²) in [5.41, 5.74) is 3.00. The van der Waals surface area contributed by atoms with Gasteiger partial charge in [0.1, 0.15) is 5.75 Å². The van der Waals surface area contributed by atoms with Gasteiger partial charge in [0.15, 0.2) is 11.6 Å². The van der Waals surface area contributed by atoms with E-state index in [1.807, 2.05) is 12.1 Å². The first-order valence-corrected chi connectivity index (χ1v) is 8.40. The minimum atomic E-state index is -0.504. The Balaban J connectivity index is 2.21. The number of halogens is 1. The van der Waals surface area contributed by atoms with E-state index < -0.39 is 5.82 Å². The van der Waals surface area contributed by atoms with Crippen molar-refractivity contribution < 1.29 is 13.9 Å². The van der Waals surface area contributed by atoms with Crippen LogP contribution in [0.1, 0.15) is 44.7 Å². The maximum atomic E-state index is 14.2. The summed E-state index contributed by atoms with van der Waals surface area (Å²) in [4.78, 5) is 11.0. The molecule has 1 amide bonds. The van der Waals surface area contributed by atoms with Gasteiger partial charge in [0.2, 0.25) is 5.91 Å². The van der Waals surface area contributed by atoms with Crippen molar-refractivity contribution in [3.05, 3.63) is 53.3 Å². The summed E-state index contributed by atoms with van der Waals surface area (Å²) in [5.74, 6) is 0.0361. The van der Waals surface area contributed by atoms with Gasteiger partial charge in [0.05, 0.1) is 0 Å². The number of carbonyl (C=O) groups excluding carboxylic acids is 1. The molecule has 24 heavy (non-hydrogen) atoms. The Labute approximate surface area is 142 Å². The molecule has 0 bridgehead atoms. The van der Waals surface area contributed by atoms with Crippen molar-refractivity contribution in [2.24, 2.45) is 0 Å². The summed E-state index contributed by atoms with van der Waals surface area (Å²) in [6, 6.07) is 10.3. The summed E-state index contributed by atoms with van der Waals surface area (Å²) in [6.45, 7) is 5.69. The molecule has 0 radical (unpaired) electrons. The van der Waals surface area contributed by atoms with E-state index in [0.717, 1.165) is 25.7 Å². The lowest BCUT2D eigenvalue weighted by molar-refractivity contribution is -0.114. The fourth-order valence-corrected chi connectivity index (χ4v) is 2.67. The standard InChI is InChI=1S/C20H24FNO2/c1-4-6-15-8-10-18(12-16(15)7-5-2)24-20-11-9-17(13-19(20)21)22-14(3)23/h8-13H,4-7H2,1-3H3,(H,22,23). The highest BCUT2D eigenvalue weighted by molar-refractivity contribution is 5.88. The second kappa shape index (κ2) is 8.48. The molecule has 0 atom stereocenters. The molecular formula is C20H24FNO2. The molecule has 0 heterocycles. The highest BCUT2D eigenvalue weighted by atomic mass is 19.1. The van der Waals surface area contributed by atoms with Crippen LogP contribution in [0.3, 0.4) is 0 Å². The summed E-state index contributed by atoms with van der Waals surface area (Å²) in [7, 11) is 0. The first kappa shape index (κ1) is 18.0. The number of hydrogen-bond acceptors (Lipinski definition) is 2. The molecule has 0 unspecified atom stereocenters. The Morgan fingerprint density at radius 3 is 2.38 bits per heavy atom. The molecule has 0 aliphatic rings. The molecule has 0 aromatic heterocycles. The third kappa shape index (κ3) is 4.82. The smallest absolute Gasteiger partial charge is 0.221 e. The number of aryl methyl sites for hydroxylation is 2. The summed E-state index contributed by atoms with van der Waals surface area (Å²) >= 11 is 0. The van der Waals surface area contributed by atoms with Gasteiger partial charge in [-0.15, -0.1) is 0 Å². The first-order valence-electron chi connectivity index (χ1n) is 8.40. The fourth-order valence-electron chi connectivity index (χ4n) is 2.67. The SMILES string of the molecule is CCCc1ccc(Oc2ccc(NC(C)=O)cc2F)cc1CCC. The molecule has 0 saturated heterocycles. The average Bonchev–Trinajstić information content (AvgIpc) is 2.52. The Morgan fingerprint density at radius 2 is 1.75 bits per heavy atom. The van der Waals surface area contributed by atoms with Gasteiger partial charge in [-0.3, -0.25) is 4.79 Å².